The molecule has 1 aliphatic heterocycles. The quantitative estimate of drug-likeness (QED) is 0.753. The molecule has 3 rings (SSSR count). The van der Waals surface area contributed by atoms with E-state index in [1.54, 1.807) is 11.1 Å². The normalized spacial score (nSPS) is 22.2. The largest absolute Gasteiger partial charge is 0.379 e. The Morgan fingerprint density at radius 1 is 1.20 bits per heavy atom. The van der Waals surface area contributed by atoms with Crippen molar-refractivity contribution in [3.63, 3.8) is 0 Å². The van der Waals surface area contributed by atoms with Crippen molar-refractivity contribution in [1.29, 1.82) is 0 Å². The highest BCUT2D eigenvalue weighted by atomic mass is 32.1. The topological polar surface area (TPSA) is 9.23 Å². The van der Waals surface area contributed by atoms with Crippen LogP contribution in [0.15, 0.2) is 18.2 Å². The Labute approximate surface area is 96.2 Å². The summed E-state index contributed by atoms with van der Waals surface area (Å²) in [5.74, 6) is 0.895. The van der Waals surface area contributed by atoms with Crippen molar-refractivity contribution in [3.05, 3.63) is 34.9 Å². The molecular formula is C13H16OS. The minimum Gasteiger partial charge on any atom is -0.379 e. The van der Waals surface area contributed by atoms with Crippen LogP contribution in [-0.4, -0.2) is 19.0 Å². The molecule has 0 spiro atoms. The van der Waals surface area contributed by atoms with Crippen molar-refractivity contribution in [2.24, 2.45) is 0 Å². The molecule has 0 saturated carbocycles. The molecule has 1 nitrogen and oxygen atoms in total. The Morgan fingerprint density at radius 3 is 2.67 bits per heavy atom. The van der Waals surface area contributed by atoms with Crippen LogP contribution in [0.1, 0.15) is 23.1 Å². The molecule has 2 aliphatic rings. The third-order valence-corrected chi connectivity index (χ3v) is 4.38. The fourth-order valence-corrected chi connectivity index (χ4v) is 2.96. The van der Waals surface area contributed by atoms with Crippen LogP contribution in [0.3, 0.4) is 0 Å². The average Bonchev–Trinajstić information content (AvgIpc) is 2.64. The van der Waals surface area contributed by atoms with Crippen molar-refractivity contribution in [1.82, 2.24) is 0 Å². The van der Waals surface area contributed by atoms with Crippen LogP contribution in [0.25, 0.3) is 0 Å². The van der Waals surface area contributed by atoms with Gasteiger partial charge in [0.2, 0.25) is 0 Å². The highest BCUT2D eigenvalue weighted by molar-refractivity contribution is 7.80. The zero-order chi connectivity index (χ0) is 10.3. The van der Waals surface area contributed by atoms with Gasteiger partial charge in [0.15, 0.2) is 0 Å². The highest BCUT2D eigenvalue weighted by Gasteiger charge is 2.39. The second-order valence-electron chi connectivity index (χ2n) is 4.77. The lowest BCUT2D eigenvalue weighted by molar-refractivity contribution is -0.0471. The van der Waals surface area contributed by atoms with Gasteiger partial charge in [0, 0.05) is 5.75 Å². The Hall–Kier alpha value is -0.470. The van der Waals surface area contributed by atoms with Crippen LogP contribution < -0.4 is 0 Å². The number of fused-ring (bicyclic) bond motifs is 1. The lowest BCUT2D eigenvalue weighted by Gasteiger charge is -2.41. The standard InChI is InChI=1S/C13H16OS/c15-9-13(7-14-8-13)12-5-4-10-2-1-3-11(10)6-12/h4-6,15H,1-3,7-9H2. The Morgan fingerprint density at radius 2 is 2.00 bits per heavy atom. The van der Waals surface area contributed by atoms with Crippen molar-refractivity contribution >= 4 is 12.6 Å². The molecule has 0 amide bonds. The number of thiol groups is 1. The van der Waals surface area contributed by atoms with Gasteiger partial charge in [0.05, 0.1) is 18.6 Å². The van der Waals surface area contributed by atoms with Crippen LogP contribution in [0.2, 0.25) is 0 Å². The lowest BCUT2D eigenvalue weighted by atomic mass is 9.79. The van der Waals surface area contributed by atoms with E-state index < -0.39 is 0 Å². The second-order valence-corrected chi connectivity index (χ2v) is 5.08. The van der Waals surface area contributed by atoms with Crippen LogP contribution in [0.4, 0.5) is 0 Å². The molecule has 1 heterocycles. The molecule has 0 bridgehead atoms. The minimum absolute atomic E-state index is 0.209. The molecule has 1 aromatic rings. The summed E-state index contributed by atoms with van der Waals surface area (Å²) < 4.78 is 5.35. The molecule has 0 aromatic heterocycles. The van der Waals surface area contributed by atoms with Gasteiger partial charge in [0.25, 0.3) is 0 Å². The SMILES string of the molecule is SCC1(c2ccc3c(c2)CCC3)COC1. The van der Waals surface area contributed by atoms with Gasteiger partial charge >= 0.3 is 0 Å². The first-order chi connectivity index (χ1) is 7.34. The summed E-state index contributed by atoms with van der Waals surface area (Å²) in [6.07, 6.45) is 3.84. The minimum atomic E-state index is 0.209. The molecule has 80 valence electrons. The van der Waals surface area contributed by atoms with E-state index in [0.29, 0.717) is 0 Å². The number of benzene rings is 1. The summed E-state index contributed by atoms with van der Waals surface area (Å²) in [7, 11) is 0. The van der Waals surface area contributed by atoms with E-state index in [-0.39, 0.29) is 5.41 Å². The summed E-state index contributed by atoms with van der Waals surface area (Å²) in [5.41, 5.74) is 4.75. The van der Waals surface area contributed by atoms with Crippen molar-refractivity contribution in [2.45, 2.75) is 24.7 Å². The van der Waals surface area contributed by atoms with Gasteiger partial charge in [-0.3, -0.25) is 0 Å². The summed E-state index contributed by atoms with van der Waals surface area (Å²) in [4.78, 5) is 0. The lowest BCUT2D eigenvalue weighted by Crippen LogP contribution is -2.48. The van der Waals surface area contributed by atoms with Gasteiger partial charge in [0.1, 0.15) is 0 Å². The Balaban J connectivity index is 1.98. The summed E-state index contributed by atoms with van der Waals surface area (Å²) in [6, 6.07) is 6.98. The maximum atomic E-state index is 5.35. The smallest absolute Gasteiger partial charge is 0.0593 e. The maximum absolute atomic E-state index is 5.35. The molecule has 1 aromatic carbocycles. The summed E-state index contributed by atoms with van der Waals surface area (Å²) >= 11 is 4.47. The van der Waals surface area contributed by atoms with E-state index in [1.807, 2.05) is 0 Å². The predicted octanol–water partition coefficient (Wildman–Crippen LogP) is 2.37. The summed E-state index contributed by atoms with van der Waals surface area (Å²) in [5, 5.41) is 0. The van der Waals surface area contributed by atoms with Gasteiger partial charge in [-0.05, 0) is 36.0 Å². The van der Waals surface area contributed by atoms with E-state index in [4.69, 9.17) is 4.74 Å². The third kappa shape index (κ3) is 1.42. The Kier molecular flexibility index (Phi) is 2.29. The first kappa shape index (κ1) is 9.73. The summed E-state index contributed by atoms with van der Waals surface area (Å²) in [6.45, 7) is 1.69. The van der Waals surface area contributed by atoms with E-state index in [1.165, 1.54) is 24.8 Å². The number of rotatable bonds is 2. The molecule has 1 fully saturated rings. The van der Waals surface area contributed by atoms with E-state index >= 15 is 0 Å². The van der Waals surface area contributed by atoms with Crippen LogP contribution >= 0.6 is 12.6 Å². The predicted molar refractivity (Wildman–Crippen MR) is 64.8 cm³/mol. The molecular weight excluding hydrogens is 204 g/mol. The fourth-order valence-electron chi connectivity index (χ4n) is 2.60. The number of ether oxygens (including phenoxy) is 1. The average molecular weight is 220 g/mol. The van der Waals surface area contributed by atoms with Crippen LogP contribution in [0.5, 0.6) is 0 Å². The number of aryl methyl sites for hydroxylation is 2. The fraction of sp³-hybridized carbons (Fsp3) is 0.538. The molecule has 1 aliphatic carbocycles. The van der Waals surface area contributed by atoms with Gasteiger partial charge < -0.3 is 4.74 Å². The number of hydrogen-bond donors (Lipinski definition) is 1. The van der Waals surface area contributed by atoms with Crippen LogP contribution in [0, 0.1) is 0 Å². The zero-order valence-corrected chi connectivity index (χ0v) is 9.72. The first-order valence-corrected chi connectivity index (χ1v) is 6.28. The van der Waals surface area contributed by atoms with Gasteiger partial charge in [-0.1, -0.05) is 18.2 Å². The van der Waals surface area contributed by atoms with Gasteiger partial charge in [-0.2, -0.15) is 12.6 Å². The molecule has 2 heteroatoms. The number of hydrogen-bond acceptors (Lipinski definition) is 2. The maximum Gasteiger partial charge on any atom is 0.0593 e. The first-order valence-electron chi connectivity index (χ1n) is 5.65. The third-order valence-electron chi connectivity index (χ3n) is 3.77. The van der Waals surface area contributed by atoms with Crippen LogP contribution in [-0.2, 0) is 23.0 Å². The molecule has 15 heavy (non-hydrogen) atoms. The van der Waals surface area contributed by atoms with Gasteiger partial charge in [-0.25, -0.2) is 0 Å². The molecule has 0 unspecified atom stereocenters. The zero-order valence-electron chi connectivity index (χ0n) is 8.83. The Bertz CT molecular complexity index is 377. The second kappa shape index (κ2) is 3.53. The molecule has 0 atom stereocenters. The molecule has 1 saturated heterocycles. The molecule has 0 N–H and O–H groups in total. The van der Waals surface area contributed by atoms with E-state index in [0.717, 1.165) is 19.0 Å². The van der Waals surface area contributed by atoms with Crippen molar-refractivity contribution in [2.75, 3.05) is 19.0 Å². The van der Waals surface area contributed by atoms with E-state index in [2.05, 4.69) is 30.8 Å². The van der Waals surface area contributed by atoms with Gasteiger partial charge in [-0.15, -0.1) is 0 Å². The monoisotopic (exact) mass is 220 g/mol. The van der Waals surface area contributed by atoms with E-state index in [9.17, 15) is 0 Å². The molecule has 0 radical (unpaired) electrons. The van der Waals surface area contributed by atoms with Crippen molar-refractivity contribution in [3.8, 4) is 0 Å². The highest BCUT2D eigenvalue weighted by Crippen LogP contribution is 2.35. The van der Waals surface area contributed by atoms with Crippen molar-refractivity contribution < 1.29 is 4.74 Å².